The van der Waals surface area contributed by atoms with Crippen molar-refractivity contribution in [3.63, 3.8) is 0 Å². The Kier molecular flexibility index (Phi) is 9.41. The van der Waals surface area contributed by atoms with Crippen molar-refractivity contribution in [3.05, 3.63) is 119 Å². The fourth-order valence-electron chi connectivity index (χ4n) is 5.76. The number of nitrogens with zero attached hydrogens (tertiary/aromatic N) is 4. The smallest absolute Gasteiger partial charge is 0.119 e. The third kappa shape index (κ3) is 6.36. The van der Waals surface area contributed by atoms with Crippen molar-refractivity contribution in [2.45, 2.75) is 32.6 Å². The summed E-state index contributed by atoms with van der Waals surface area (Å²) in [6.07, 6.45) is 7.88. The number of nitriles is 2. The summed E-state index contributed by atoms with van der Waals surface area (Å²) >= 11 is 0. The number of nitrogens with one attached hydrogen (secondary N) is 2. The number of aromatic amines is 2. The van der Waals surface area contributed by atoms with Gasteiger partial charge in [-0.2, -0.15) is 10.5 Å². The minimum Gasteiger partial charge on any atom is -0.497 e. The van der Waals surface area contributed by atoms with Crippen LogP contribution in [0.5, 0.6) is 11.5 Å². The standard InChI is InChI=1S/C39H34N6O2/c1-3-4-5-10-23-47-29-19-15-27(16-20-29)37-35-34(38(45-37)30(24-40)32-11-6-8-21-42-32)36(26-13-17-28(46-2)18-14-26)44-39(35)31(25-41)33-12-7-9-22-43-33/h6-9,11-22,44-45H,3-5,10,23H2,1-2H3/b38-30-,39-31-. The minimum atomic E-state index is 0.380. The Morgan fingerprint density at radius 3 is 1.60 bits per heavy atom. The van der Waals surface area contributed by atoms with Crippen molar-refractivity contribution in [1.82, 2.24) is 19.9 Å². The fourth-order valence-corrected chi connectivity index (χ4v) is 5.76. The van der Waals surface area contributed by atoms with Crippen LogP contribution in [0.4, 0.5) is 0 Å². The van der Waals surface area contributed by atoms with E-state index in [1.165, 1.54) is 12.8 Å². The predicted molar refractivity (Wildman–Crippen MR) is 184 cm³/mol. The third-order valence-corrected chi connectivity index (χ3v) is 8.10. The topological polar surface area (TPSA) is 123 Å². The van der Waals surface area contributed by atoms with E-state index < -0.39 is 0 Å². The van der Waals surface area contributed by atoms with Gasteiger partial charge in [-0.05, 0) is 90.3 Å². The normalized spacial score (nSPS) is 12.3. The molecule has 8 nitrogen and oxygen atoms in total. The first kappa shape index (κ1) is 30.9. The van der Waals surface area contributed by atoms with Crippen LogP contribution in [0.15, 0.2) is 97.3 Å². The zero-order chi connectivity index (χ0) is 32.6. The molecule has 0 bridgehead atoms. The maximum Gasteiger partial charge on any atom is 0.119 e. The first-order valence-corrected chi connectivity index (χ1v) is 15.7. The molecule has 6 aromatic rings. The van der Waals surface area contributed by atoms with Crippen LogP contribution in [0.3, 0.4) is 0 Å². The molecule has 4 heterocycles. The van der Waals surface area contributed by atoms with Gasteiger partial charge in [0.05, 0.1) is 47.2 Å². The first-order chi connectivity index (χ1) is 23.2. The van der Waals surface area contributed by atoms with Crippen molar-refractivity contribution >= 4 is 21.9 Å². The molecule has 0 aliphatic heterocycles. The van der Waals surface area contributed by atoms with Crippen LogP contribution in [0, 0.1) is 22.7 Å². The zero-order valence-electron chi connectivity index (χ0n) is 26.4. The highest BCUT2D eigenvalue weighted by molar-refractivity contribution is 6.07. The lowest BCUT2D eigenvalue weighted by molar-refractivity contribution is 0.305. The Labute approximate surface area is 273 Å². The van der Waals surface area contributed by atoms with E-state index in [-0.39, 0.29) is 0 Å². The van der Waals surface area contributed by atoms with Crippen molar-refractivity contribution in [3.8, 4) is 46.2 Å². The molecule has 2 N–H and O–H groups in total. The molecule has 8 heteroatoms. The van der Waals surface area contributed by atoms with E-state index in [2.05, 4.69) is 39.0 Å². The van der Waals surface area contributed by atoms with Gasteiger partial charge in [-0.1, -0.05) is 38.3 Å². The van der Waals surface area contributed by atoms with Gasteiger partial charge in [-0.3, -0.25) is 9.97 Å². The molecular formula is C39H34N6O2. The van der Waals surface area contributed by atoms with Gasteiger partial charge in [0.2, 0.25) is 0 Å². The van der Waals surface area contributed by atoms with Crippen LogP contribution in [0.1, 0.15) is 44.0 Å². The van der Waals surface area contributed by atoms with E-state index in [0.29, 0.717) is 39.8 Å². The molecule has 0 saturated heterocycles. The summed E-state index contributed by atoms with van der Waals surface area (Å²) in [5.74, 6) is 1.51. The molecule has 0 atom stereocenters. The van der Waals surface area contributed by atoms with Gasteiger partial charge in [0.1, 0.15) is 34.8 Å². The number of fused-ring (bicyclic) bond motifs is 1. The van der Waals surface area contributed by atoms with Crippen LogP contribution in [-0.2, 0) is 0 Å². The number of benzene rings is 2. The molecule has 47 heavy (non-hydrogen) atoms. The molecule has 0 aliphatic carbocycles. The number of rotatable bonds is 11. The number of H-pyrrole nitrogens is 2. The van der Waals surface area contributed by atoms with E-state index in [1.807, 2.05) is 84.9 Å². The number of unbranched alkanes of at least 4 members (excludes halogenated alkanes) is 3. The van der Waals surface area contributed by atoms with Gasteiger partial charge in [-0.15, -0.1) is 0 Å². The summed E-state index contributed by atoms with van der Waals surface area (Å²) in [5.41, 5.74) is 5.06. The summed E-state index contributed by atoms with van der Waals surface area (Å²) in [6.45, 7) is 2.86. The molecule has 2 aromatic carbocycles. The molecule has 0 unspecified atom stereocenters. The summed E-state index contributed by atoms with van der Waals surface area (Å²) < 4.78 is 11.5. The monoisotopic (exact) mass is 618 g/mol. The Morgan fingerprint density at radius 1 is 0.660 bits per heavy atom. The number of ether oxygens (including phenoxy) is 2. The maximum absolute atomic E-state index is 10.6. The molecular weight excluding hydrogens is 584 g/mol. The van der Waals surface area contributed by atoms with E-state index in [4.69, 9.17) is 9.47 Å². The van der Waals surface area contributed by atoms with E-state index >= 15 is 0 Å². The van der Waals surface area contributed by atoms with Gasteiger partial charge < -0.3 is 19.4 Å². The van der Waals surface area contributed by atoms with Crippen molar-refractivity contribution in [2.75, 3.05) is 13.7 Å². The molecule has 0 amide bonds. The minimum absolute atomic E-state index is 0.380. The average molecular weight is 619 g/mol. The van der Waals surface area contributed by atoms with Crippen LogP contribution in [0.2, 0.25) is 0 Å². The molecule has 0 fully saturated rings. The second-order valence-corrected chi connectivity index (χ2v) is 11.1. The second-order valence-electron chi connectivity index (χ2n) is 11.1. The lowest BCUT2D eigenvalue weighted by Crippen LogP contribution is -2.11. The SMILES string of the molecule is CCCCCCOc1ccc(-c2[nH]/c(=C(/C#N)c3ccccn3)c3c(-c4ccc(OC)cc4)[nH]/c(=C(/C#N)c4ccccn4)c23)cc1. The molecule has 0 saturated carbocycles. The summed E-state index contributed by atoms with van der Waals surface area (Å²) in [6, 6.07) is 31.4. The van der Waals surface area contributed by atoms with Gasteiger partial charge in [0, 0.05) is 23.2 Å². The molecule has 0 radical (unpaired) electrons. The maximum atomic E-state index is 10.6. The largest absolute Gasteiger partial charge is 0.497 e. The highest BCUT2D eigenvalue weighted by Crippen LogP contribution is 2.33. The lowest BCUT2D eigenvalue weighted by Gasteiger charge is -2.07. The summed E-state index contributed by atoms with van der Waals surface area (Å²) in [7, 11) is 1.63. The van der Waals surface area contributed by atoms with Crippen LogP contribution in [-0.4, -0.2) is 33.7 Å². The summed E-state index contributed by atoms with van der Waals surface area (Å²) in [5, 5.41) is 23.8. The average Bonchev–Trinajstić information content (AvgIpc) is 3.70. The summed E-state index contributed by atoms with van der Waals surface area (Å²) in [4.78, 5) is 16.2. The second kappa shape index (κ2) is 14.3. The highest BCUT2D eigenvalue weighted by Gasteiger charge is 2.22. The molecule has 0 spiro atoms. The van der Waals surface area contributed by atoms with Gasteiger partial charge in [0.25, 0.3) is 0 Å². The van der Waals surface area contributed by atoms with E-state index in [1.54, 1.807) is 19.5 Å². The third-order valence-electron chi connectivity index (χ3n) is 8.10. The Morgan fingerprint density at radius 2 is 1.17 bits per heavy atom. The Hall–Kier alpha value is -6.12. The van der Waals surface area contributed by atoms with Crippen LogP contribution >= 0.6 is 0 Å². The van der Waals surface area contributed by atoms with Gasteiger partial charge in [-0.25, -0.2) is 0 Å². The highest BCUT2D eigenvalue weighted by atomic mass is 16.5. The van der Waals surface area contributed by atoms with Crippen LogP contribution in [0.25, 0.3) is 44.4 Å². The molecule has 4 aromatic heterocycles. The fraction of sp³-hybridized carbons (Fsp3) is 0.179. The number of aromatic nitrogens is 4. The number of hydrogen-bond acceptors (Lipinski definition) is 6. The number of pyridine rings is 2. The quantitative estimate of drug-likeness (QED) is 0.150. The van der Waals surface area contributed by atoms with E-state index in [0.717, 1.165) is 57.6 Å². The zero-order valence-corrected chi connectivity index (χ0v) is 26.4. The number of methoxy groups -OCH3 is 1. The number of hydrogen-bond donors (Lipinski definition) is 2. The molecule has 0 aliphatic rings. The lowest BCUT2D eigenvalue weighted by atomic mass is 10.0. The Bertz CT molecular complexity index is 2130. The Balaban J connectivity index is 1.67. The predicted octanol–water partition coefficient (Wildman–Crippen LogP) is 7.03. The first-order valence-electron chi connectivity index (χ1n) is 15.7. The van der Waals surface area contributed by atoms with Crippen molar-refractivity contribution in [2.24, 2.45) is 0 Å². The molecule has 6 rings (SSSR count). The van der Waals surface area contributed by atoms with Gasteiger partial charge in [0.15, 0.2) is 0 Å². The van der Waals surface area contributed by atoms with Crippen molar-refractivity contribution in [1.29, 1.82) is 10.5 Å². The van der Waals surface area contributed by atoms with Crippen molar-refractivity contribution < 1.29 is 9.47 Å². The van der Waals surface area contributed by atoms with Crippen LogP contribution < -0.4 is 20.2 Å². The molecule has 232 valence electrons. The van der Waals surface area contributed by atoms with Gasteiger partial charge >= 0.3 is 0 Å². The van der Waals surface area contributed by atoms with E-state index in [9.17, 15) is 10.5 Å².